The number of nitrogens with two attached hydrogens (primary N) is 2. The predicted molar refractivity (Wildman–Crippen MR) is 304 cm³/mol. The number of phenols is 1. The van der Waals surface area contributed by atoms with Crippen molar-refractivity contribution < 1.29 is 71.3 Å². The molecule has 2 saturated heterocycles. The molecule has 0 aromatic heterocycles. The lowest BCUT2D eigenvalue weighted by atomic mass is 9.76. The van der Waals surface area contributed by atoms with E-state index in [4.69, 9.17) is 16.2 Å². The number of primary amides is 1. The van der Waals surface area contributed by atoms with E-state index in [1.54, 1.807) is 19.1 Å². The molecular weight excluding hydrogens is 1070 g/mol. The minimum Gasteiger partial charge on any atom is -0.508 e. The normalized spacial score (nSPS) is 25.0. The van der Waals surface area contributed by atoms with Gasteiger partial charge in [0.2, 0.25) is 5.91 Å². The first kappa shape index (κ1) is 65.3. The van der Waals surface area contributed by atoms with Crippen molar-refractivity contribution in [2.24, 2.45) is 82.5 Å². The smallest absolute Gasteiger partial charge is 0.303 e. The summed E-state index contributed by atoms with van der Waals surface area (Å²) in [5.74, 6) is -11.2. The second-order valence-electron chi connectivity index (χ2n) is 24.1. The van der Waals surface area contributed by atoms with Gasteiger partial charge in [-0.15, -0.1) is 0 Å². The second-order valence-corrected chi connectivity index (χ2v) is 26.3. The summed E-state index contributed by atoms with van der Waals surface area (Å²) in [7, 11) is -2.64. The molecule has 0 spiro atoms. The Morgan fingerprint density at radius 2 is 1.17 bits per heavy atom. The summed E-state index contributed by atoms with van der Waals surface area (Å²) in [4.78, 5) is 136. The zero-order valence-electron chi connectivity index (χ0n) is 47.9. The number of carbonyl (C=O) groups excluding carboxylic acids is 9. The van der Waals surface area contributed by atoms with Gasteiger partial charge in [-0.3, -0.25) is 43.2 Å². The van der Waals surface area contributed by atoms with Crippen LogP contribution in [0.1, 0.15) is 135 Å². The summed E-state index contributed by atoms with van der Waals surface area (Å²) in [6.45, 7) is 4.58. The average molecular weight is 1160 g/mol. The van der Waals surface area contributed by atoms with Crippen molar-refractivity contribution in [3.05, 3.63) is 54.1 Å². The molecule has 0 bridgehead atoms. The van der Waals surface area contributed by atoms with E-state index < -0.39 is 97.8 Å². The van der Waals surface area contributed by atoms with Gasteiger partial charge in [0.1, 0.15) is 57.8 Å². The van der Waals surface area contributed by atoms with E-state index >= 15 is 4.79 Å². The molecule has 19 nitrogen and oxygen atoms in total. The number of ketones is 8. The molecule has 8 N–H and O–H groups in total. The zero-order valence-corrected chi connectivity index (χ0v) is 48.7. The fraction of sp³-hybridized carbons (Fsp3) is 0.645. The molecule has 2 aromatic carbocycles. The molecule has 2 aliphatic carbocycles. The summed E-state index contributed by atoms with van der Waals surface area (Å²) >= 11 is 0. The van der Waals surface area contributed by atoms with E-state index in [2.05, 4.69) is 10.6 Å². The van der Waals surface area contributed by atoms with Gasteiger partial charge in [-0.25, -0.2) is 8.42 Å². The number of methoxy groups -OCH3 is 1. The maximum absolute atomic E-state index is 15.1. The Hall–Kier alpha value is -5.83. The second kappa shape index (κ2) is 30.6. The van der Waals surface area contributed by atoms with Gasteiger partial charge in [-0.05, 0) is 144 Å². The number of nitrogens with one attached hydrogen (secondary N) is 2. The van der Waals surface area contributed by atoms with Crippen LogP contribution in [-0.2, 0) is 64.2 Å². The number of unbranched alkanes of at least 4 members (excludes halogenated alkanes) is 1. The quantitative estimate of drug-likeness (QED) is 0.0455. The molecule has 0 radical (unpaired) electrons. The van der Waals surface area contributed by atoms with Crippen LogP contribution in [-0.4, -0.2) is 122 Å². The number of carboxylic acids is 1. The summed E-state index contributed by atoms with van der Waals surface area (Å²) < 4.78 is 34.2. The number of ether oxygens (including phenoxy) is 1. The molecular formula is C62H86N4O15S. The van der Waals surface area contributed by atoms with Gasteiger partial charge in [-0.1, -0.05) is 31.9 Å². The first-order valence-electron chi connectivity index (χ1n) is 29.5. The van der Waals surface area contributed by atoms with Crippen LogP contribution in [0.3, 0.4) is 0 Å². The molecule has 2 aromatic rings. The molecule has 82 heavy (non-hydrogen) atoms. The summed E-state index contributed by atoms with van der Waals surface area (Å²) in [6.07, 6.45) is 2.09. The number of hydrogen-bond donors (Lipinski definition) is 6. The van der Waals surface area contributed by atoms with Crippen LogP contribution < -0.4 is 26.8 Å². The van der Waals surface area contributed by atoms with E-state index in [9.17, 15) is 61.8 Å². The third-order valence-corrected chi connectivity index (χ3v) is 20.4. The summed E-state index contributed by atoms with van der Waals surface area (Å²) in [6, 6.07) is 12.1. The molecule has 6 rings (SSSR count). The van der Waals surface area contributed by atoms with Crippen LogP contribution in [0.4, 0.5) is 0 Å². The lowest BCUT2D eigenvalue weighted by Crippen LogP contribution is -2.33. The van der Waals surface area contributed by atoms with Crippen molar-refractivity contribution in [3.8, 4) is 11.5 Å². The van der Waals surface area contributed by atoms with Gasteiger partial charge in [-0.2, -0.15) is 0 Å². The SMILES string of the molecule is COc1ccc(S(=O)(=O)C2CC(CC(=O)[C@H](CC(=O)C3CNCC3CC(=O)[C@@H](CCC(=O)O)CC(=O)C3CCCC3CC(C)=O)Cc3ccc(O)cc3)C(C(=O)C[C@H](CCCCN)C(=O)CC3CNCC3C(=O)C[C@H](C)C(N)=O)C2)cc1. The average Bonchev–Trinajstić information content (AvgIpc) is 4.47. The lowest BCUT2D eigenvalue weighted by molar-refractivity contribution is -0.138. The molecule has 13 atom stereocenters. The van der Waals surface area contributed by atoms with Gasteiger partial charge < -0.3 is 41.8 Å². The molecule has 2 aliphatic heterocycles. The number of Topliss-reactive ketones (excluding diaryl/α,β-unsaturated/α-hetero) is 8. The number of carboxylic acid groups (broad SMARTS) is 1. The van der Waals surface area contributed by atoms with E-state index in [0.717, 1.165) is 12.8 Å². The standard InChI is InChI=1S/C62H86N4O15S/c1-36(62(64)78)21-57(72)52-34-65-32-44(52)29-54(69)40(7-4-5-20-63)25-59(74)51-31-49(82(79,80)48-17-15-47(81-3)16-18-48)24-42(51)27-56(71)43(23-38-10-13-46(68)14-11-38)28-60(75)53-35-66-33-45(53)30-55(70)41(12-19-61(76)77)26-58(73)50-9-6-8-39(50)22-37(2)67/h10-11,13-18,36,39-45,49-53,65-66,68H,4-9,12,19-35,63H2,1-3H3,(H2,64,78)(H,76,77)/t36-,39?,40-,41-,42?,43-,44?,45?,49?,50?,51?,52?,53?/m0/s1. The number of carbonyl (C=O) groups is 10. The highest BCUT2D eigenvalue weighted by molar-refractivity contribution is 7.92. The van der Waals surface area contributed by atoms with Crippen molar-refractivity contribution in [3.63, 3.8) is 0 Å². The molecule has 1 amide bonds. The predicted octanol–water partition coefficient (Wildman–Crippen LogP) is 5.56. The Morgan fingerprint density at radius 3 is 1.73 bits per heavy atom. The van der Waals surface area contributed by atoms with Gasteiger partial charge in [0.25, 0.3) is 0 Å². The Kier molecular flexibility index (Phi) is 24.4. The fourth-order valence-corrected chi connectivity index (χ4v) is 15.3. The molecule has 20 heteroatoms. The van der Waals surface area contributed by atoms with E-state index in [1.165, 1.54) is 50.4 Å². The number of amides is 1. The molecule has 9 unspecified atom stereocenters. The molecule has 2 saturated carbocycles. The van der Waals surface area contributed by atoms with Crippen molar-refractivity contribution in [2.45, 2.75) is 146 Å². The Morgan fingerprint density at radius 1 is 0.634 bits per heavy atom. The van der Waals surface area contributed by atoms with E-state index in [-0.39, 0.29) is 154 Å². The van der Waals surface area contributed by atoms with E-state index in [1.807, 2.05) is 0 Å². The van der Waals surface area contributed by atoms with Crippen molar-refractivity contribution in [1.82, 2.24) is 10.6 Å². The van der Waals surface area contributed by atoms with Crippen LogP contribution in [0.25, 0.3) is 0 Å². The minimum atomic E-state index is -4.10. The Bertz CT molecular complexity index is 2730. The topological polar surface area (TPSA) is 331 Å². The molecule has 4 aliphatic rings. The maximum atomic E-state index is 15.1. The monoisotopic (exact) mass is 1160 g/mol. The van der Waals surface area contributed by atoms with Gasteiger partial charge in [0.05, 0.1) is 17.3 Å². The Labute approximate surface area is 481 Å². The van der Waals surface area contributed by atoms with Crippen LogP contribution in [0.15, 0.2) is 53.4 Å². The zero-order chi connectivity index (χ0) is 59.8. The minimum absolute atomic E-state index is 0.00625. The Balaban J connectivity index is 1.24. The first-order chi connectivity index (χ1) is 39.0. The molecule has 4 fully saturated rings. The highest BCUT2D eigenvalue weighted by Gasteiger charge is 2.47. The van der Waals surface area contributed by atoms with Crippen molar-refractivity contribution in [1.29, 1.82) is 0 Å². The van der Waals surface area contributed by atoms with Gasteiger partial charge in [0, 0.05) is 118 Å². The lowest BCUT2D eigenvalue weighted by Gasteiger charge is -2.25. The third-order valence-electron chi connectivity index (χ3n) is 18.2. The first-order valence-corrected chi connectivity index (χ1v) is 31.0. The largest absolute Gasteiger partial charge is 0.508 e. The van der Waals surface area contributed by atoms with Crippen LogP contribution in [0.5, 0.6) is 11.5 Å². The van der Waals surface area contributed by atoms with Crippen LogP contribution in [0.2, 0.25) is 0 Å². The highest BCUT2D eigenvalue weighted by Crippen LogP contribution is 2.44. The van der Waals surface area contributed by atoms with Gasteiger partial charge in [0.15, 0.2) is 9.84 Å². The maximum Gasteiger partial charge on any atom is 0.303 e. The number of sulfone groups is 1. The number of aliphatic carboxylic acids is 1. The summed E-state index contributed by atoms with van der Waals surface area (Å²) in [5, 5.41) is 25.1. The molecule has 2 heterocycles. The number of hydrogen-bond acceptors (Lipinski definition) is 17. The summed E-state index contributed by atoms with van der Waals surface area (Å²) in [5.41, 5.74) is 11.9. The van der Waals surface area contributed by atoms with Gasteiger partial charge >= 0.3 is 5.97 Å². The number of rotatable bonds is 36. The van der Waals surface area contributed by atoms with Crippen molar-refractivity contribution >= 4 is 68.0 Å². The van der Waals surface area contributed by atoms with Crippen LogP contribution >= 0.6 is 0 Å². The fourth-order valence-electron chi connectivity index (χ4n) is 13.4. The number of benzene rings is 2. The number of aromatic hydroxyl groups is 1. The van der Waals surface area contributed by atoms with E-state index in [0.29, 0.717) is 56.6 Å². The highest BCUT2D eigenvalue weighted by atomic mass is 32.2. The van der Waals surface area contributed by atoms with Crippen LogP contribution in [0, 0.1) is 71.0 Å². The van der Waals surface area contributed by atoms with Crippen molar-refractivity contribution in [2.75, 3.05) is 39.8 Å². The molecule has 450 valence electrons. The third kappa shape index (κ3) is 18.1. The number of phenolic OH excluding ortho intramolecular Hbond substituents is 1.